The lowest BCUT2D eigenvalue weighted by Crippen LogP contribution is -2.26. The molecule has 0 fully saturated rings. The van der Waals surface area contributed by atoms with E-state index in [0.717, 1.165) is 5.56 Å². The van der Waals surface area contributed by atoms with Crippen LogP contribution in [0.2, 0.25) is 5.02 Å². The van der Waals surface area contributed by atoms with E-state index in [4.69, 9.17) is 23.2 Å². The Balaban J connectivity index is 1.99. The quantitative estimate of drug-likeness (QED) is 0.879. The first-order chi connectivity index (χ1) is 9.18. The fourth-order valence-corrected chi connectivity index (χ4v) is 2.17. The lowest BCUT2D eigenvalue weighted by Gasteiger charge is -2.12. The number of nitrogens with one attached hydrogen (secondary N) is 1. The van der Waals surface area contributed by atoms with Crippen molar-refractivity contribution in [2.75, 3.05) is 0 Å². The summed E-state index contributed by atoms with van der Waals surface area (Å²) >= 11 is 12.1. The Bertz CT molecular complexity index is 560. The van der Waals surface area contributed by atoms with Crippen molar-refractivity contribution < 1.29 is 4.79 Å². The first-order valence-electron chi connectivity index (χ1n) is 5.73. The summed E-state index contributed by atoms with van der Waals surface area (Å²) in [5, 5.41) is 2.44. The molecule has 1 unspecified atom stereocenters. The minimum atomic E-state index is -0.801. The summed E-state index contributed by atoms with van der Waals surface area (Å²) in [6, 6.07) is 10.7. The van der Waals surface area contributed by atoms with Crippen molar-refractivity contribution in [3.63, 3.8) is 0 Å². The molecule has 1 heterocycles. The Morgan fingerprint density at radius 1 is 1.26 bits per heavy atom. The SMILES string of the molecule is O=C(NCc1cccnc1)C(Cl)c1ccccc1Cl. The van der Waals surface area contributed by atoms with Crippen LogP contribution in [-0.4, -0.2) is 10.9 Å². The van der Waals surface area contributed by atoms with E-state index in [9.17, 15) is 4.79 Å². The maximum absolute atomic E-state index is 11.9. The highest BCUT2D eigenvalue weighted by atomic mass is 35.5. The van der Waals surface area contributed by atoms with E-state index in [2.05, 4.69) is 10.3 Å². The molecule has 2 aromatic rings. The van der Waals surface area contributed by atoms with Gasteiger partial charge in [-0.3, -0.25) is 9.78 Å². The second-order valence-electron chi connectivity index (χ2n) is 3.96. The second kappa shape index (κ2) is 6.55. The standard InChI is InChI=1S/C14H12Cl2N2O/c15-12-6-2-1-5-11(12)13(16)14(19)18-9-10-4-3-7-17-8-10/h1-8,13H,9H2,(H,18,19). The maximum Gasteiger partial charge on any atom is 0.242 e. The lowest BCUT2D eigenvalue weighted by molar-refractivity contribution is -0.121. The van der Waals surface area contributed by atoms with Crippen LogP contribution in [0.15, 0.2) is 48.8 Å². The van der Waals surface area contributed by atoms with E-state index in [-0.39, 0.29) is 5.91 Å². The Morgan fingerprint density at radius 3 is 2.74 bits per heavy atom. The smallest absolute Gasteiger partial charge is 0.242 e. The highest BCUT2D eigenvalue weighted by Crippen LogP contribution is 2.27. The predicted molar refractivity (Wildman–Crippen MR) is 76.1 cm³/mol. The second-order valence-corrected chi connectivity index (χ2v) is 4.81. The number of hydrogen-bond acceptors (Lipinski definition) is 2. The summed E-state index contributed by atoms with van der Waals surface area (Å²) in [4.78, 5) is 15.9. The van der Waals surface area contributed by atoms with Crippen LogP contribution >= 0.6 is 23.2 Å². The number of alkyl halides is 1. The van der Waals surface area contributed by atoms with Crippen LogP contribution in [0.1, 0.15) is 16.5 Å². The molecule has 0 spiro atoms. The van der Waals surface area contributed by atoms with Gasteiger partial charge in [-0.05, 0) is 23.3 Å². The number of hydrogen-bond donors (Lipinski definition) is 1. The number of carbonyl (C=O) groups excluding carboxylic acids is 1. The number of pyridine rings is 1. The van der Waals surface area contributed by atoms with Gasteiger partial charge in [-0.15, -0.1) is 11.6 Å². The molecule has 0 aliphatic heterocycles. The van der Waals surface area contributed by atoms with Crippen molar-refractivity contribution in [3.8, 4) is 0 Å². The lowest BCUT2D eigenvalue weighted by atomic mass is 10.1. The molecule has 0 aliphatic carbocycles. The molecule has 1 amide bonds. The van der Waals surface area contributed by atoms with E-state index in [1.807, 2.05) is 12.1 Å². The molecule has 1 aromatic carbocycles. The zero-order chi connectivity index (χ0) is 13.7. The van der Waals surface area contributed by atoms with Crippen molar-refractivity contribution in [1.29, 1.82) is 0 Å². The average molecular weight is 295 g/mol. The molecule has 0 saturated heterocycles. The molecule has 98 valence electrons. The normalized spacial score (nSPS) is 11.9. The van der Waals surface area contributed by atoms with Gasteiger partial charge in [0.05, 0.1) is 0 Å². The number of rotatable bonds is 4. The summed E-state index contributed by atoms with van der Waals surface area (Å²) < 4.78 is 0. The van der Waals surface area contributed by atoms with Crippen LogP contribution in [0.4, 0.5) is 0 Å². The van der Waals surface area contributed by atoms with Gasteiger partial charge in [-0.2, -0.15) is 0 Å². The number of benzene rings is 1. The molecule has 2 rings (SSSR count). The molecular formula is C14H12Cl2N2O. The van der Waals surface area contributed by atoms with Crippen molar-refractivity contribution in [2.45, 2.75) is 11.9 Å². The van der Waals surface area contributed by atoms with Gasteiger partial charge in [0, 0.05) is 24.0 Å². The largest absolute Gasteiger partial charge is 0.350 e. The van der Waals surface area contributed by atoms with E-state index >= 15 is 0 Å². The Hall–Kier alpha value is -1.58. The van der Waals surface area contributed by atoms with Gasteiger partial charge in [0.25, 0.3) is 0 Å². The molecular weight excluding hydrogens is 283 g/mol. The molecule has 1 atom stereocenters. The van der Waals surface area contributed by atoms with Crippen molar-refractivity contribution in [3.05, 3.63) is 64.9 Å². The van der Waals surface area contributed by atoms with Crippen LogP contribution in [0.25, 0.3) is 0 Å². The van der Waals surface area contributed by atoms with Crippen LogP contribution < -0.4 is 5.32 Å². The first-order valence-corrected chi connectivity index (χ1v) is 6.55. The number of halogens is 2. The summed E-state index contributed by atoms with van der Waals surface area (Å²) in [7, 11) is 0. The number of carbonyl (C=O) groups is 1. The van der Waals surface area contributed by atoms with Gasteiger partial charge in [0.1, 0.15) is 5.38 Å². The third-order valence-corrected chi connectivity index (χ3v) is 3.38. The molecule has 0 aliphatic rings. The minimum absolute atomic E-state index is 0.279. The molecule has 0 saturated carbocycles. The van der Waals surface area contributed by atoms with Crippen molar-refractivity contribution >= 4 is 29.1 Å². The zero-order valence-corrected chi connectivity index (χ0v) is 11.5. The Kier molecular flexibility index (Phi) is 4.77. The van der Waals surface area contributed by atoms with Crippen molar-refractivity contribution in [1.82, 2.24) is 10.3 Å². The Labute approximate surface area is 121 Å². The highest BCUT2D eigenvalue weighted by molar-refractivity contribution is 6.35. The summed E-state index contributed by atoms with van der Waals surface area (Å²) in [6.07, 6.45) is 3.37. The predicted octanol–water partition coefficient (Wildman–Crippen LogP) is 3.33. The van der Waals surface area contributed by atoms with Crippen LogP contribution in [-0.2, 0) is 11.3 Å². The third kappa shape index (κ3) is 3.69. The van der Waals surface area contributed by atoms with Gasteiger partial charge in [0.2, 0.25) is 5.91 Å². The first kappa shape index (κ1) is 13.8. The maximum atomic E-state index is 11.9. The van der Waals surface area contributed by atoms with Crippen LogP contribution in [0, 0.1) is 0 Å². The summed E-state index contributed by atoms with van der Waals surface area (Å²) in [6.45, 7) is 0.389. The van der Waals surface area contributed by atoms with Gasteiger partial charge >= 0.3 is 0 Å². The fraction of sp³-hybridized carbons (Fsp3) is 0.143. The van der Waals surface area contributed by atoms with Gasteiger partial charge in [-0.25, -0.2) is 0 Å². The topological polar surface area (TPSA) is 42.0 Å². The molecule has 1 aromatic heterocycles. The average Bonchev–Trinajstić information content (AvgIpc) is 2.45. The number of aromatic nitrogens is 1. The third-order valence-electron chi connectivity index (χ3n) is 2.60. The molecule has 0 radical (unpaired) electrons. The van der Waals surface area contributed by atoms with E-state index < -0.39 is 5.38 Å². The molecule has 3 nitrogen and oxygen atoms in total. The van der Waals surface area contributed by atoms with Gasteiger partial charge in [0.15, 0.2) is 0 Å². The fourth-order valence-electron chi connectivity index (χ4n) is 1.60. The van der Waals surface area contributed by atoms with Gasteiger partial charge in [-0.1, -0.05) is 35.9 Å². The van der Waals surface area contributed by atoms with Gasteiger partial charge < -0.3 is 5.32 Å². The molecule has 19 heavy (non-hydrogen) atoms. The van der Waals surface area contributed by atoms with Crippen LogP contribution in [0.5, 0.6) is 0 Å². The number of nitrogens with zero attached hydrogens (tertiary/aromatic N) is 1. The molecule has 0 bridgehead atoms. The summed E-state index contributed by atoms with van der Waals surface area (Å²) in [5.41, 5.74) is 1.52. The molecule has 5 heteroatoms. The summed E-state index contributed by atoms with van der Waals surface area (Å²) in [5.74, 6) is -0.279. The van der Waals surface area contributed by atoms with E-state index in [1.54, 1.807) is 36.7 Å². The molecule has 1 N–H and O–H groups in total. The van der Waals surface area contributed by atoms with E-state index in [1.165, 1.54) is 0 Å². The highest BCUT2D eigenvalue weighted by Gasteiger charge is 2.19. The Morgan fingerprint density at radius 2 is 2.05 bits per heavy atom. The van der Waals surface area contributed by atoms with E-state index in [0.29, 0.717) is 17.1 Å². The van der Waals surface area contributed by atoms with Crippen LogP contribution in [0.3, 0.4) is 0 Å². The monoisotopic (exact) mass is 294 g/mol. The number of amides is 1. The van der Waals surface area contributed by atoms with Crippen molar-refractivity contribution in [2.24, 2.45) is 0 Å². The minimum Gasteiger partial charge on any atom is -0.350 e. The zero-order valence-electron chi connectivity index (χ0n) is 10.0.